The lowest BCUT2D eigenvalue weighted by atomic mass is 10.2. The second-order valence-electron chi connectivity index (χ2n) is 5.63. The molecule has 0 saturated carbocycles. The zero-order chi connectivity index (χ0) is 20.5. The lowest BCUT2D eigenvalue weighted by Crippen LogP contribution is -2.15. The largest absolute Gasteiger partial charge is 0.456 e. The Balaban J connectivity index is 2.10. The van der Waals surface area contributed by atoms with Gasteiger partial charge in [-0.15, -0.1) is 12.6 Å². The van der Waals surface area contributed by atoms with Crippen molar-refractivity contribution in [1.82, 2.24) is 9.55 Å². The number of hydrogen-bond acceptors (Lipinski definition) is 5. The quantitative estimate of drug-likeness (QED) is 0.513. The van der Waals surface area contributed by atoms with Crippen LogP contribution in [0.2, 0.25) is 10.0 Å². The molecule has 0 aliphatic heterocycles. The van der Waals surface area contributed by atoms with Gasteiger partial charge in [-0.3, -0.25) is 0 Å². The van der Waals surface area contributed by atoms with Gasteiger partial charge < -0.3 is 9.30 Å². The van der Waals surface area contributed by atoms with Gasteiger partial charge in [-0.2, -0.15) is 0 Å². The number of halogens is 4. The highest BCUT2D eigenvalue weighted by atomic mass is 35.5. The molecule has 0 aliphatic rings. The number of rotatable bonds is 6. The maximum Gasteiger partial charge on any atom is 0.248 e. The van der Waals surface area contributed by atoms with E-state index in [0.717, 1.165) is 18.2 Å². The maximum absolute atomic E-state index is 13.6. The van der Waals surface area contributed by atoms with Crippen LogP contribution in [0.3, 0.4) is 0 Å². The summed E-state index contributed by atoms with van der Waals surface area (Å²) in [6.07, 6.45) is 4.52. The highest BCUT2D eigenvalue weighted by Crippen LogP contribution is 2.38. The SMILES string of the molecule is O=S(=O)(c1ccc(Oc2cc(F)cc(Cl)c2)c(Cl)c1Cn1ccnc1)C(F)S. The van der Waals surface area contributed by atoms with E-state index in [1.807, 2.05) is 0 Å². The molecule has 0 spiro atoms. The third-order valence-corrected chi connectivity index (χ3v) is 6.66. The molecule has 0 N–H and O–H groups in total. The van der Waals surface area contributed by atoms with E-state index >= 15 is 0 Å². The van der Waals surface area contributed by atoms with Gasteiger partial charge in [0.05, 0.1) is 22.8 Å². The van der Waals surface area contributed by atoms with Crippen LogP contribution in [0.1, 0.15) is 5.56 Å². The highest BCUT2D eigenvalue weighted by Gasteiger charge is 2.29. The lowest BCUT2D eigenvalue weighted by molar-refractivity contribution is 0.475. The van der Waals surface area contributed by atoms with Crippen molar-refractivity contribution < 1.29 is 21.9 Å². The Morgan fingerprint density at radius 3 is 2.61 bits per heavy atom. The molecule has 0 aliphatic carbocycles. The summed E-state index contributed by atoms with van der Waals surface area (Å²) in [5.74, 6) is -0.507. The van der Waals surface area contributed by atoms with Crippen LogP contribution in [0.15, 0.2) is 53.9 Å². The van der Waals surface area contributed by atoms with Crippen molar-refractivity contribution in [2.75, 3.05) is 0 Å². The summed E-state index contributed by atoms with van der Waals surface area (Å²) in [7, 11) is -4.39. The van der Waals surface area contributed by atoms with E-state index in [4.69, 9.17) is 27.9 Å². The number of alkyl halides is 1. The highest BCUT2D eigenvalue weighted by molar-refractivity contribution is 8.04. The monoisotopic (exact) mass is 464 g/mol. The number of nitrogens with zero attached hydrogens (tertiary/aromatic N) is 2. The van der Waals surface area contributed by atoms with E-state index in [9.17, 15) is 17.2 Å². The predicted molar refractivity (Wildman–Crippen MR) is 105 cm³/mol. The zero-order valence-corrected chi connectivity index (χ0v) is 17.1. The van der Waals surface area contributed by atoms with Gasteiger partial charge in [0.15, 0.2) is 0 Å². The van der Waals surface area contributed by atoms with Gasteiger partial charge in [-0.1, -0.05) is 23.2 Å². The third-order valence-electron chi connectivity index (χ3n) is 3.69. The molecule has 11 heteroatoms. The number of hydrogen-bond donors (Lipinski definition) is 1. The van der Waals surface area contributed by atoms with E-state index in [-0.39, 0.29) is 38.5 Å². The van der Waals surface area contributed by atoms with Gasteiger partial charge in [0.25, 0.3) is 0 Å². The van der Waals surface area contributed by atoms with E-state index < -0.39 is 20.5 Å². The molecule has 3 aromatic rings. The van der Waals surface area contributed by atoms with Crippen molar-refractivity contribution in [1.29, 1.82) is 0 Å². The topological polar surface area (TPSA) is 61.2 Å². The van der Waals surface area contributed by atoms with Crippen molar-refractivity contribution >= 4 is 45.7 Å². The van der Waals surface area contributed by atoms with E-state index in [2.05, 4.69) is 17.6 Å². The first kappa shape index (κ1) is 20.9. The molecule has 5 nitrogen and oxygen atoms in total. The first-order valence-electron chi connectivity index (χ1n) is 7.65. The molecule has 1 unspecified atom stereocenters. The van der Waals surface area contributed by atoms with Crippen LogP contribution in [0.25, 0.3) is 0 Å². The second kappa shape index (κ2) is 8.28. The van der Waals surface area contributed by atoms with Gasteiger partial charge in [-0.25, -0.2) is 22.2 Å². The van der Waals surface area contributed by atoms with Crippen molar-refractivity contribution in [3.05, 3.63) is 70.5 Å². The van der Waals surface area contributed by atoms with Crippen LogP contribution in [0.5, 0.6) is 11.5 Å². The first-order valence-corrected chi connectivity index (χ1v) is 10.5. The molecular formula is C17H12Cl2F2N2O3S2. The number of thiol groups is 1. The van der Waals surface area contributed by atoms with Gasteiger partial charge in [0.1, 0.15) is 17.3 Å². The van der Waals surface area contributed by atoms with Gasteiger partial charge >= 0.3 is 0 Å². The summed E-state index contributed by atoms with van der Waals surface area (Å²) in [4.78, 5) is 1.11. The van der Waals surface area contributed by atoms with Crippen LogP contribution in [0.4, 0.5) is 8.78 Å². The average Bonchev–Trinajstić information content (AvgIpc) is 3.10. The summed E-state index contributed by atoms with van der Waals surface area (Å²) >= 11 is 15.6. The van der Waals surface area contributed by atoms with Crippen molar-refractivity contribution in [2.45, 2.75) is 16.3 Å². The standard InChI is InChI=1S/C17H12Cl2F2N2O3S2/c18-10-5-11(20)7-12(6-10)26-14-1-2-15(28(24,25)17(21)27)13(16(14)19)8-23-4-3-22-9-23/h1-7,9,17,27H,8H2. The Bertz CT molecular complexity index is 1090. The summed E-state index contributed by atoms with van der Waals surface area (Å²) in [5.41, 5.74) is 0.0800. The van der Waals surface area contributed by atoms with Gasteiger partial charge in [0.2, 0.25) is 14.7 Å². The molecule has 0 saturated heterocycles. The molecule has 3 rings (SSSR count). The van der Waals surface area contributed by atoms with Crippen LogP contribution < -0.4 is 4.74 Å². The molecule has 1 aromatic heterocycles. The minimum atomic E-state index is -4.39. The van der Waals surface area contributed by atoms with Gasteiger partial charge in [-0.05, 0) is 24.3 Å². The summed E-state index contributed by atoms with van der Waals surface area (Å²) in [6, 6.07) is 5.97. The molecule has 148 valence electrons. The smallest absolute Gasteiger partial charge is 0.248 e. The number of sulfone groups is 1. The fraction of sp³-hybridized carbons (Fsp3) is 0.118. The molecule has 0 bridgehead atoms. The number of ether oxygens (including phenoxy) is 1. The number of imidazole rings is 1. The fourth-order valence-electron chi connectivity index (χ4n) is 2.46. The van der Waals surface area contributed by atoms with Gasteiger partial charge in [0, 0.05) is 29.0 Å². The predicted octanol–water partition coefficient (Wildman–Crippen LogP) is 5.13. The molecular weight excluding hydrogens is 453 g/mol. The minimum Gasteiger partial charge on any atom is -0.456 e. The van der Waals surface area contributed by atoms with E-state index in [1.54, 1.807) is 10.8 Å². The Hall–Kier alpha value is -1.81. The number of aromatic nitrogens is 2. The molecule has 1 heterocycles. The summed E-state index contributed by atoms with van der Waals surface area (Å²) < 4.78 is 59.0. The van der Waals surface area contributed by atoms with Crippen LogP contribution in [0, 0.1) is 5.82 Å². The Morgan fingerprint density at radius 2 is 2.00 bits per heavy atom. The van der Waals surface area contributed by atoms with Crippen LogP contribution >= 0.6 is 35.8 Å². The third kappa shape index (κ3) is 4.43. The minimum absolute atomic E-state index is 0.0188. The summed E-state index contributed by atoms with van der Waals surface area (Å²) in [6.45, 7) is -0.0188. The molecule has 0 fully saturated rings. The molecule has 2 aromatic carbocycles. The average molecular weight is 465 g/mol. The Kier molecular flexibility index (Phi) is 6.18. The summed E-state index contributed by atoms with van der Waals surface area (Å²) in [5, 5.41) is 0.0310. The van der Waals surface area contributed by atoms with Crippen molar-refractivity contribution in [3.63, 3.8) is 0 Å². The Morgan fingerprint density at radius 1 is 1.25 bits per heavy atom. The molecule has 28 heavy (non-hydrogen) atoms. The Labute approximate surface area is 175 Å². The maximum atomic E-state index is 13.6. The second-order valence-corrected chi connectivity index (χ2v) is 9.19. The van der Waals surface area contributed by atoms with Crippen LogP contribution in [-0.2, 0) is 16.4 Å². The normalized spacial score (nSPS) is 12.8. The lowest BCUT2D eigenvalue weighted by Gasteiger charge is -2.16. The fourth-order valence-corrected chi connectivity index (χ4v) is 4.31. The first-order chi connectivity index (χ1) is 13.2. The van der Waals surface area contributed by atoms with Crippen molar-refractivity contribution in [3.8, 4) is 11.5 Å². The van der Waals surface area contributed by atoms with Crippen LogP contribution in [-0.4, -0.2) is 22.8 Å². The molecule has 1 atom stereocenters. The van der Waals surface area contributed by atoms with Crippen molar-refractivity contribution in [2.24, 2.45) is 0 Å². The van der Waals surface area contributed by atoms with E-state index in [1.165, 1.54) is 24.7 Å². The number of benzene rings is 2. The zero-order valence-electron chi connectivity index (χ0n) is 13.9. The molecule has 0 radical (unpaired) electrons. The van der Waals surface area contributed by atoms with E-state index in [0.29, 0.717) is 0 Å². The molecule has 0 amide bonds.